The molecule has 5 heteroatoms. The smallest absolute Gasteiger partial charge is 0.156 e. The summed E-state index contributed by atoms with van der Waals surface area (Å²) in [5, 5.41) is 11.0. The Bertz CT molecular complexity index is 732. The van der Waals surface area contributed by atoms with Gasteiger partial charge in [0.05, 0.1) is 7.11 Å². The number of aromatic nitrogens is 2. The first-order chi connectivity index (χ1) is 11.8. The Hall–Kier alpha value is -2.69. The average molecular weight is 324 g/mol. The topological polar surface area (TPSA) is 53.2 Å². The highest BCUT2D eigenvalue weighted by atomic mass is 16.5. The van der Waals surface area contributed by atoms with Crippen molar-refractivity contribution in [2.24, 2.45) is 0 Å². The molecule has 2 heterocycles. The molecule has 0 aliphatic carbocycles. The third-order valence-electron chi connectivity index (χ3n) is 4.04. The van der Waals surface area contributed by atoms with Crippen LogP contribution in [0.5, 0.6) is 5.75 Å². The highest BCUT2D eigenvalue weighted by Gasteiger charge is 2.15. The van der Waals surface area contributed by atoms with Gasteiger partial charge >= 0.3 is 0 Å². The molecule has 0 saturated carbocycles. The lowest BCUT2D eigenvalue weighted by Gasteiger charge is -2.26. The van der Waals surface area contributed by atoms with Crippen LogP contribution in [0.25, 0.3) is 0 Å². The van der Waals surface area contributed by atoms with E-state index in [0.29, 0.717) is 0 Å². The molecule has 0 amide bonds. The lowest BCUT2D eigenvalue weighted by atomic mass is 10.1. The standard InChI is InChI=1S/C19H24N4O/c1-3-20-18-9-4-5-12-23(18)19-14-16(21-22-19)11-10-15-7-6-8-17(13-15)24-2/h4-9,13-14,20H,3,10-12H2,1-2H3,(H,21,22). The molecule has 0 spiro atoms. The molecule has 5 nitrogen and oxygen atoms in total. The zero-order valence-corrected chi connectivity index (χ0v) is 14.2. The van der Waals surface area contributed by atoms with Crippen molar-refractivity contribution in [2.45, 2.75) is 19.8 Å². The third kappa shape index (κ3) is 3.79. The van der Waals surface area contributed by atoms with Crippen molar-refractivity contribution in [3.8, 4) is 5.75 Å². The summed E-state index contributed by atoms with van der Waals surface area (Å²) in [6, 6.07) is 10.3. The first-order valence-corrected chi connectivity index (χ1v) is 8.35. The van der Waals surface area contributed by atoms with Gasteiger partial charge in [-0.05, 0) is 43.5 Å². The number of ether oxygens (including phenoxy) is 1. The number of rotatable bonds is 7. The molecule has 1 aromatic carbocycles. The third-order valence-corrected chi connectivity index (χ3v) is 4.04. The summed E-state index contributed by atoms with van der Waals surface area (Å²) < 4.78 is 5.28. The molecule has 0 atom stereocenters. The average Bonchev–Trinajstić information content (AvgIpc) is 3.10. The molecule has 2 aromatic rings. The number of methoxy groups -OCH3 is 1. The summed E-state index contributed by atoms with van der Waals surface area (Å²) in [6.45, 7) is 3.82. The Kier molecular flexibility index (Phi) is 5.21. The summed E-state index contributed by atoms with van der Waals surface area (Å²) in [6.07, 6.45) is 8.16. The summed E-state index contributed by atoms with van der Waals surface area (Å²) in [7, 11) is 1.70. The van der Waals surface area contributed by atoms with E-state index in [1.54, 1.807) is 7.11 Å². The fourth-order valence-corrected chi connectivity index (χ4v) is 2.79. The molecule has 1 aliphatic heterocycles. The van der Waals surface area contributed by atoms with Gasteiger partial charge in [0.15, 0.2) is 5.82 Å². The summed E-state index contributed by atoms with van der Waals surface area (Å²) in [5.41, 5.74) is 2.40. The molecule has 0 fully saturated rings. The summed E-state index contributed by atoms with van der Waals surface area (Å²) >= 11 is 0. The van der Waals surface area contributed by atoms with E-state index in [0.717, 1.165) is 49.0 Å². The predicted octanol–water partition coefficient (Wildman–Crippen LogP) is 3.03. The molecular formula is C19H24N4O. The minimum Gasteiger partial charge on any atom is -0.497 e. The van der Waals surface area contributed by atoms with Gasteiger partial charge in [-0.3, -0.25) is 5.10 Å². The molecule has 126 valence electrons. The Morgan fingerprint density at radius 2 is 2.21 bits per heavy atom. The van der Waals surface area contributed by atoms with Gasteiger partial charge in [0.2, 0.25) is 0 Å². The van der Waals surface area contributed by atoms with E-state index in [-0.39, 0.29) is 0 Å². The van der Waals surface area contributed by atoms with E-state index in [2.05, 4.69) is 63.8 Å². The highest BCUT2D eigenvalue weighted by molar-refractivity contribution is 5.49. The van der Waals surface area contributed by atoms with Gasteiger partial charge in [-0.1, -0.05) is 24.3 Å². The van der Waals surface area contributed by atoms with Crippen LogP contribution in [-0.2, 0) is 12.8 Å². The Morgan fingerprint density at radius 3 is 3.04 bits per heavy atom. The van der Waals surface area contributed by atoms with Crippen LogP contribution in [0.3, 0.4) is 0 Å². The van der Waals surface area contributed by atoms with Crippen molar-refractivity contribution in [3.63, 3.8) is 0 Å². The van der Waals surface area contributed by atoms with Gasteiger partial charge in [0, 0.05) is 24.8 Å². The molecular weight excluding hydrogens is 300 g/mol. The van der Waals surface area contributed by atoms with Crippen LogP contribution in [0.4, 0.5) is 5.82 Å². The predicted molar refractivity (Wildman–Crippen MR) is 97.2 cm³/mol. The van der Waals surface area contributed by atoms with Crippen LogP contribution in [-0.4, -0.2) is 30.4 Å². The Morgan fingerprint density at radius 1 is 1.29 bits per heavy atom. The zero-order valence-electron chi connectivity index (χ0n) is 14.2. The molecule has 0 bridgehead atoms. The van der Waals surface area contributed by atoms with Crippen molar-refractivity contribution in [1.82, 2.24) is 15.5 Å². The highest BCUT2D eigenvalue weighted by Crippen LogP contribution is 2.20. The van der Waals surface area contributed by atoms with E-state index >= 15 is 0 Å². The second-order valence-electron chi connectivity index (χ2n) is 5.72. The number of hydrogen-bond acceptors (Lipinski definition) is 4. The minimum absolute atomic E-state index is 0.832. The second kappa shape index (κ2) is 7.73. The maximum Gasteiger partial charge on any atom is 0.156 e. The van der Waals surface area contributed by atoms with Crippen molar-refractivity contribution in [3.05, 3.63) is 65.6 Å². The van der Waals surface area contributed by atoms with Gasteiger partial charge in [-0.2, -0.15) is 5.10 Å². The molecule has 3 rings (SSSR count). The molecule has 1 aromatic heterocycles. The Balaban J connectivity index is 1.65. The van der Waals surface area contributed by atoms with Crippen LogP contribution in [0, 0.1) is 0 Å². The number of nitrogens with zero attached hydrogens (tertiary/aromatic N) is 2. The number of anilines is 1. The number of aromatic amines is 1. The summed E-state index contributed by atoms with van der Waals surface area (Å²) in [4.78, 5) is 2.18. The van der Waals surface area contributed by atoms with Crippen LogP contribution >= 0.6 is 0 Å². The van der Waals surface area contributed by atoms with Crippen LogP contribution in [0.1, 0.15) is 18.2 Å². The van der Waals surface area contributed by atoms with E-state index in [1.807, 2.05) is 12.1 Å². The van der Waals surface area contributed by atoms with Crippen LogP contribution in [0.15, 0.2) is 54.4 Å². The van der Waals surface area contributed by atoms with Gasteiger partial charge in [0.25, 0.3) is 0 Å². The van der Waals surface area contributed by atoms with Crippen LogP contribution < -0.4 is 15.0 Å². The minimum atomic E-state index is 0.832. The fraction of sp³-hybridized carbons (Fsp3) is 0.316. The van der Waals surface area contributed by atoms with Crippen molar-refractivity contribution in [2.75, 3.05) is 25.1 Å². The maximum atomic E-state index is 5.28. The van der Waals surface area contributed by atoms with E-state index < -0.39 is 0 Å². The van der Waals surface area contributed by atoms with Gasteiger partial charge in [-0.25, -0.2) is 0 Å². The first-order valence-electron chi connectivity index (χ1n) is 8.35. The van der Waals surface area contributed by atoms with Crippen molar-refractivity contribution < 1.29 is 4.74 Å². The zero-order chi connectivity index (χ0) is 16.8. The number of aryl methyl sites for hydroxylation is 2. The maximum absolute atomic E-state index is 5.28. The number of allylic oxidation sites excluding steroid dienone is 2. The molecule has 0 radical (unpaired) electrons. The first kappa shape index (κ1) is 16.2. The van der Waals surface area contributed by atoms with E-state index in [1.165, 1.54) is 5.56 Å². The van der Waals surface area contributed by atoms with E-state index in [4.69, 9.17) is 4.74 Å². The molecule has 0 unspecified atom stereocenters. The molecule has 1 aliphatic rings. The van der Waals surface area contributed by atoms with Gasteiger partial charge in [-0.15, -0.1) is 0 Å². The SMILES string of the molecule is CCNC1=CC=CCN1c1cc(CCc2cccc(OC)c2)[nH]n1. The number of H-pyrrole nitrogens is 1. The second-order valence-corrected chi connectivity index (χ2v) is 5.72. The quantitative estimate of drug-likeness (QED) is 0.822. The number of hydrogen-bond donors (Lipinski definition) is 2. The lowest BCUT2D eigenvalue weighted by molar-refractivity contribution is 0.414. The van der Waals surface area contributed by atoms with Crippen LogP contribution in [0.2, 0.25) is 0 Å². The van der Waals surface area contributed by atoms with E-state index in [9.17, 15) is 0 Å². The fourth-order valence-electron chi connectivity index (χ4n) is 2.79. The molecule has 24 heavy (non-hydrogen) atoms. The van der Waals surface area contributed by atoms with Gasteiger partial charge < -0.3 is 15.0 Å². The molecule has 2 N–H and O–H groups in total. The lowest BCUT2D eigenvalue weighted by Crippen LogP contribution is -2.33. The van der Waals surface area contributed by atoms with Gasteiger partial charge in [0.1, 0.15) is 11.6 Å². The number of nitrogens with one attached hydrogen (secondary N) is 2. The monoisotopic (exact) mass is 324 g/mol. The van der Waals surface area contributed by atoms with Crippen molar-refractivity contribution in [1.29, 1.82) is 0 Å². The number of benzene rings is 1. The largest absolute Gasteiger partial charge is 0.497 e. The van der Waals surface area contributed by atoms with Crippen molar-refractivity contribution >= 4 is 5.82 Å². The summed E-state index contributed by atoms with van der Waals surface area (Å²) in [5.74, 6) is 2.94. The molecule has 0 saturated heterocycles. The Labute approximate surface area is 143 Å². The normalized spacial score (nSPS) is 13.8.